The maximum Gasteiger partial charge on any atom is 0.488 e. The van der Waals surface area contributed by atoms with Crippen molar-refractivity contribution in [2.75, 3.05) is 0 Å². The van der Waals surface area contributed by atoms with E-state index in [4.69, 9.17) is 20.1 Å². The molecule has 0 amide bonds. The van der Waals surface area contributed by atoms with Crippen molar-refractivity contribution in [1.29, 1.82) is 0 Å². The van der Waals surface area contributed by atoms with Gasteiger partial charge in [0.15, 0.2) is 0 Å². The molecule has 0 aromatic heterocycles. The van der Waals surface area contributed by atoms with Crippen LogP contribution in [-0.4, -0.2) is 34.3 Å². The molecule has 0 aliphatic carbocycles. The summed E-state index contributed by atoms with van der Waals surface area (Å²) in [7, 11) is -4.24. The van der Waals surface area contributed by atoms with Gasteiger partial charge in [0.05, 0.1) is 11.1 Å². The summed E-state index contributed by atoms with van der Waals surface area (Å²) in [6.45, 7) is 0. The highest BCUT2D eigenvalue weighted by molar-refractivity contribution is 6.59. The molecule has 0 aliphatic rings. The van der Waals surface area contributed by atoms with E-state index >= 15 is 0 Å². The molecule has 0 unspecified atom stereocenters. The molecular weight excluding hydrogens is 406 g/mol. The Morgan fingerprint density at radius 3 is 1.14 bits per heavy atom. The van der Waals surface area contributed by atoms with Gasteiger partial charge in [-0.05, 0) is 29.1 Å². The predicted octanol–water partition coefficient (Wildman–Crippen LogP) is 1.05. The maximum absolute atomic E-state index is 12.3. The van der Waals surface area contributed by atoms with Gasteiger partial charge in [0, 0.05) is 6.07 Å². The largest absolute Gasteiger partial charge is 0.488 e. The van der Waals surface area contributed by atoms with Crippen LogP contribution in [0.25, 0.3) is 0 Å². The first-order valence-corrected chi connectivity index (χ1v) is 7.09. The van der Waals surface area contributed by atoms with Crippen LogP contribution in [0.4, 0.5) is 35.1 Å². The van der Waals surface area contributed by atoms with Gasteiger partial charge in [-0.3, -0.25) is 0 Å². The van der Waals surface area contributed by atoms with E-state index < -0.39 is 54.8 Å². The lowest BCUT2D eigenvalue weighted by molar-refractivity contribution is -0.142. The van der Waals surface area contributed by atoms with Gasteiger partial charge in [0.25, 0.3) is 0 Å². The Morgan fingerprint density at radius 2 is 0.857 bits per heavy atom. The molecule has 28 heavy (non-hydrogen) atoms. The fourth-order valence-corrected chi connectivity index (χ4v) is 1.85. The Morgan fingerprint density at radius 1 is 0.536 bits per heavy atom. The second kappa shape index (κ2) is 8.90. The zero-order chi connectivity index (χ0) is 21.9. The van der Waals surface area contributed by atoms with Gasteiger partial charge < -0.3 is 20.1 Å². The Bertz CT molecular complexity index is 756. The van der Waals surface area contributed by atoms with E-state index in [1.807, 2.05) is 0 Å². The number of hydrogen-bond acceptors (Lipinski definition) is 4. The molecule has 4 N–H and O–H groups in total. The highest BCUT2D eigenvalue weighted by atomic mass is 19.4. The fraction of sp³-hybridized carbons (Fsp3) is 0.143. The zero-order valence-electron chi connectivity index (χ0n) is 13.4. The highest BCUT2D eigenvalue weighted by Crippen LogP contribution is 2.34. The molecule has 0 heterocycles. The van der Waals surface area contributed by atoms with E-state index in [1.54, 1.807) is 0 Å². The lowest BCUT2D eigenvalue weighted by atomic mass is 9.78. The molecule has 0 atom stereocenters. The van der Waals surface area contributed by atoms with Crippen LogP contribution in [0.5, 0.6) is 0 Å². The number of alkyl halides is 6. The smallest absolute Gasteiger partial charge is 0.423 e. The molecular formula is C14H10B2F8O4. The van der Waals surface area contributed by atoms with E-state index in [0.717, 1.165) is 12.1 Å². The average molecular weight is 416 g/mol. The molecule has 0 radical (unpaired) electrons. The molecule has 2 rings (SSSR count). The molecule has 0 spiro atoms. The van der Waals surface area contributed by atoms with Gasteiger partial charge in [0.2, 0.25) is 0 Å². The van der Waals surface area contributed by atoms with Gasteiger partial charge >= 0.3 is 26.6 Å². The summed E-state index contributed by atoms with van der Waals surface area (Å²) in [5.41, 5.74) is -4.24. The predicted molar refractivity (Wildman–Crippen MR) is 82.5 cm³/mol. The molecule has 0 aliphatic heterocycles. The minimum absolute atomic E-state index is 0.0914. The SMILES string of the molecule is OB(O)c1cc(C(F)(F)F)cc(C(F)(F)F)c1.OB(O)c1cc(F)cc(F)c1. The quantitative estimate of drug-likeness (QED) is 0.436. The third-order valence-corrected chi connectivity index (χ3v) is 3.09. The van der Waals surface area contributed by atoms with E-state index in [1.165, 1.54) is 0 Å². The average Bonchev–Trinajstić information content (AvgIpc) is 2.52. The van der Waals surface area contributed by atoms with Crippen LogP contribution in [-0.2, 0) is 12.4 Å². The molecule has 2 aromatic rings. The van der Waals surface area contributed by atoms with Crippen molar-refractivity contribution in [3.8, 4) is 0 Å². The lowest BCUT2D eigenvalue weighted by Crippen LogP contribution is -2.32. The second-order valence-corrected chi connectivity index (χ2v) is 5.29. The zero-order valence-corrected chi connectivity index (χ0v) is 13.4. The van der Waals surface area contributed by atoms with Crippen molar-refractivity contribution < 1.29 is 55.2 Å². The number of benzene rings is 2. The number of hydrogen-bond donors (Lipinski definition) is 4. The fourth-order valence-electron chi connectivity index (χ4n) is 1.85. The number of halogens is 8. The summed E-state index contributed by atoms with van der Waals surface area (Å²) < 4.78 is 98.3. The van der Waals surface area contributed by atoms with Crippen LogP contribution < -0.4 is 10.9 Å². The summed E-state index contributed by atoms with van der Waals surface area (Å²) in [4.78, 5) is 0. The topological polar surface area (TPSA) is 80.9 Å². The van der Waals surface area contributed by atoms with E-state index in [-0.39, 0.29) is 23.7 Å². The van der Waals surface area contributed by atoms with Crippen LogP contribution in [0.3, 0.4) is 0 Å². The second-order valence-electron chi connectivity index (χ2n) is 5.29. The first kappa shape index (κ1) is 23.9. The summed E-state index contributed by atoms with van der Waals surface area (Å²) in [5.74, 6) is -1.65. The standard InChI is InChI=1S/C8H5BF6O2.C6H5BF2O2/c10-7(11,12)4-1-5(8(13,14)15)3-6(2-4)9(16)17;8-5-1-4(7(10)11)2-6(9)3-5/h1-3,16-17H;1-3,10-11H. The van der Waals surface area contributed by atoms with E-state index in [9.17, 15) is 35.1 Å². The van der Waals surface area contributed by atoms with Crippen LogP contribution in [0.15, 0.2) is 36.4 Å². The molecule has 152 valence electrons. The maximum atomic E-state index is 12.3. The molecule has 0 saturated heterocycles. The lowest BCUT2D eigenvalue weighted by Gasteiger charge is -2.13. The van der Waals surface area contributed by atoms with Crippen LogP contribution in [0.2, 0.25) is 0 Å². The summed E-state index contributed by atoms with van der Waals surface area (Å²) in [6.07, 6.45) is -9.99. The van der Waals surface area contributed by atoms with Crippen molar-refractivity contribution in [2.24, 2.45) is 0 Å². The number of rotatable bonds is 2. The Kier molecular flexibility index (Phi) is 7.59. The van der Waals surface area contributed by atoms with E-state index in [0.29, 0.717) is 6.07 Å². The molecule has 0 fully saturated rings. The third kappa shape index (κ3) is 7.11. The van der Waals surface area contributed by atoms with Crippen molar-refractivity contribution in [3.05, 3.63) is 59.2 Å². The minimum atomic E-state index is -5.00. The molecule has 0 saturated carbocycles. The molecule has 14 heteroatoms. The minimum Gasteiger partial charge on any atom is -0.423 e. The normalized spacial score (nSPS) is 11.6. The first-order valence-electron chi connectivity index (χ1n) is 7.09. The summed E-state index contributed by atoms with van der Waals surface area (Å²) in [5, 5.41) is 34.2. The highest BCUT2D eigenvalue weighted by Gasteiger charge is 2.37. The third-order valence-electron chi connectivity index (χ3n) is 3.09. The summed E-state index contributed by atoms with van der Waals surface area (Å²) in [6, 6.07) is 2.78. The van der Waals surface area contributed by atoms with Crippen molar-refractivity contribution in [1.82, 2.24) is 0 Å². The summed E-state index contributed by atoms with van der Waals surface area (Å²) >= 11 is 0. The monoisotopic (exact) mass is 416 g/mol. The molecule has 0 bridgehead atoms. The Balaban J connectivity index is 0.000000307. The van der Waals surface area contributed by atoms with Gasteiger partial charge in [0.1, 0.15) is 11.6 Å². The van der Waals surface area contributed by atoms with Gasteiger partial charge in [-0.15, -0.1) is 0 Å². The van der Waals surface area contributed by atoms with Gasteiger partial charge in [-0.2, -0.15) is 26.3 Å². The van der Waals surface area contributed by atoms with Crippen molar-refractivity contribution >= 4 is 25.2 Å². The Labute approximate surface area is 153 Å². The van der Waals surface area contributed by atoms with Crippen molar-refractivity contribution in [3.63, 3.8) is 0 Å². The van der Waals surface area contributed by atoms with Gasteiger partial charge in [-0.1, -0.05) is 12.1 Å². The van der Waals surface area contributed by atoms with Crippen molar-refractivity contribution in [2.45, 2.75) is 12.4 Å². The molecule has 2 aromatic carbocycles. The Hall–Kier alpha value is -2.15. The van der Waals surface area contributed by atoms with Crippen LogP contribution >= 0.6 is 0 Å². The molecule has 4 nitrogen and oxygen atoms in total. The first-order chi connectivity index (χ1) is 12.6. The van der Waals surface area contributed by atoms with Crippen LogP contribution in [0.1, 0.15) is 11.1 Å². The van der Waals surface area contributed by atoms with Crippen LogP contribution in [0, 0.1) is 11.6 Å². The van der Waals surface area contributed by atoms with E-state index in [2.05, 4.69) is 0 Å². The van der Waals surface area contributed by atoms with Gasteiger partial charge in [-0.25, -0.2) is 8.78 Å².